The molecular weight excluding hydrogens is 474 g/mol. The van der Waals surface area contributed by atoms with Crippen LogP contribution < -0.4 is 0 Å². The molecule has 0 saturated carbocycles. The van der Waals surface area contributed by atoms with Gasteiger partial charge in [0.25, 0.3) is 0 Å². The minimum absolute atomic E-state index is 0.0153. The monoisotopic (exact) mass is 517 g/mol. The highest BCUT2D eigenvalue weighted by Crippen LogP contribution is 2.24. The summed E-state index contributed by atoms with van der Waals surface area (Å²) < 4.78 is 7.49. The molecule has 0 spiro atoms. The van der Waals surface area contributed by atoms with Crippen LogP contribution in [-0.4, -0.2) is 58.5 Å². The van der Waals surface area contributed by atoms with Gasteiger partial charge in [0.2, 0.25) is 11.8 Å². The molecule has 6 nitrogen and oxygen atoms in total. The van der Waals surface area contributed by atoms with Crippen LogP contribution in [-0.2, 0) is 27.4 Å². The Morgan fingerprint density at radius 1 is 1.00 bits per heavy atom. The summed E-state index contributed by atoms with van der Waals surface area (Å²) in [6.07, 6.45) is 2.72. The zero-order valence-electron chi connectivity index (χ0n) is 23.8. The van der Waals surface area contributed by atoms with Crippen molar-refractivity contribution in [1.29, 1.82) is 0 Å². The first-order valence-electron chi connectivity index (χ1n) is 13.5. The van der Waals surface area contributed by atoms with Gasteiger partial charge in [0.1, 0.15) is 0 Å². The second-order valence-electron chi connectivity index (χ2n) is 10.9. The molecule has 2 amide bonds. The second-order valence-corrected chi connectivity index (χ2v) is 10.9. The number of methoxy groups -OCH3 is 1. The summed E-state index contributed by atoms with van der Waals surface area (Å²) >= 11 is 0. The Bertz CT molecular complexity index is 1180. The molecule has 204 valence electrons. The predicted octanol–water partition coefficient (Wildman–Crippen LogP) is 5.64. The van der Waals surface area contributed by atoms with E-state index in [1.165, 1.54) is 11.1 Å². The molecule has 2 aromatic carbocycles. The Hall–Kier alpha value is -3.38. The fourth-order valence-corrected chi connectivity index (χ4v) is 4.79. The summed E-state index contributed by atoms with van der Waals surface area (Å²) in [5, 5.41) is 0. The zero-order chi connectivity index (χ0) is 27.7. The fourth-order valence-electron chi connectivity index (χ4n) is 4.79. The average Bonchev–Trinajstić information content (AvgIpc) is 3.31. The number of ether oxygens (including phenoxy) is 1. The molecule has 0 aliphatic carbocycles. The van der Waals surface area contributed by atoms with Crippen molar-refractivity contribution < 1.29 is 14.3 Å². The number of nitrogens with zero attached hydrogens (tertiary/aromatic N) is 3. The molecule has 0 aliphatic heterocycles. The Kier molecular flexibility index (Phi) is 10.3. The molecule has 0 radical (unpaired) electrons. The summed E-state index contributed by atoms with van der Waals surface area (Å²) in [6.45, 7) is 12.2. The van der Waals surface area contributed by atoms with Gasteiger partial charge in [-0.05, 0) is 57.4 Å². The van der Waals surface area contributed by atoms with Gasteiger partial charge in [0, 0.05) is 37.6 Å². The normalized spacial score (nSPS) is 12.3. The number of benzene rings is 2. The maximum Gasteiger partial charge on any atom is 0.242 e. The highest BCUT2D eigenvalue weighted by Gasteiger charge is 2.32. The quantitative estimate of drug-likeness (QED) is 0.312. The van der Waals surface area contributed by atoms with Crippen molar-refractivity contribution in [3.8, 4) is 0 Å². The minimum Gasteiger partial charge on any atom is -0.383 e. The van der Waals surface area contributed by atoms with E-state index < -0.39 is 5.54 Å². The van der Waals surface area contributed by atoms with Crippen molar-refractivity contribution in [1.82, 2.24) is 14.4 Å². The fraction of sp³-hybridized carbons (Fsp3) is 0.438. The van der Waals surface area contributed by atoms with Gasteiger partial charge in [-0.2, -0.15) is 0 Å². The Morgan fingerprint density at radius 3 is 2.37 bits per heavy atom. The molecule has 0 aliphatic rings. The lowest BCUT2D eigenvalue weighted by molar-refractivity contribution is -0.145. The number of hydrogen-bond donors (Lipinski definition) is 0. The van der Waals surface area contributed by atoms with Gasteiger partial charge >= 0.3 is 0 Å². The van der Waals surface area contributed by atoms with Crippen LogP contribution in [0.1, 0.15) is 62.4 Å². The molecular formula is C32H43N3O3. The van der Waals surface area contributed by atoms with Gasteiger partial charge in [-0.1, -0.05) is 67.1 Å². The maximum absolute atomic E-state index is 13.8. The van der Waals surface area contributed by atoms with Crippen molar-refractivity contribution >= 4 is 11.8 Å². The summed E-state index contributed by atoms with van der Waals surface area (Å²) in [4.78, 5) is 31.1. The predicted molar refractivity (Wildman–Crippen MR) is 153 cm³/mol. The van der Waals surface area contributed by atoms with Crippen LogP contribution in [0.4, 0.5) is 0 Å². The smallest absolute Gasteiger partial charge is 0.242 e. The van der Waals surface area contributed by atoms with Crippen LogP contribution in [0, 0.1) is 6.92 Å². The largest absolute Gasteiger partial charge is 0.383 e. The number of aryl methyl sites for hydroxylation is 1. The van der Waals surface area contributed by atoms with Crippen molar-refractivity contribution in [3.05, 3.63) is 95.3 Å². The molecule has 0 fully saturated rings. The van der Waals surface area contributed by atoms with Gasteiger partial charge in [-0.25, -0.2) is 0 Å². The molecule has 1 heterocycles. The van der Waals surface area contributed by atoms with Crippen LogP contribution in [0.3, 0.4) is 0 Å². The van der Waals surface area contributed by atoms with E-state index in [0.717, 1.165) is 17.8 Å². The van der Waals surface area contributed by atoms with Crippen LogP contribution in [0.5, 0.6) is 0 Å². The maximum atomic E-state index is 13.8. The molecule has 1 aromatic heterocycles. The van der Waals surface area contributed by atoms with Gasteiger partial charge in [-0.3, -0.25) is 9.59 Å². The van der Waals surface area contributed by atoms with E-state index in [1.54, 1.807) is 12.0 Å². The van der Waals surface area contributed by atoms with Gasteiger partial charge in [-0.15, -0.1) is 0 Å². The number of rotatable bonds is 12. The van der Waals surface area contributed by atoms with Crippen LogP contribution >= 0.6 is 0 Å². The number of hydrogen-bond acceptors (Lipinski definition) is 3. The van der Waals surface area contributed by atoms with E-state index in [1.807, 2.05) is 69.0 Å². The first-order valence-corrected chi connectivity index (χ1v) is 13.5. The van der Waals surface area contributed by atoms with Crippen molar-refractivity contribution in [2.45, 2.75) is 65.6 Å². The summed E-state index contributed by atoms with van der Waals surface area (Å²) in [6, 6.07) is 22.4. The van der Waals surface area contributed by atoms with E-state index in [9.17, 15) is 9.59 Å². The second kappa shape index (κ2) is 13.4. The molecule has 3 aromatic rings. The Morgan fingerprint density at radius 2 is 1.74 bits per heavy atom. The molecule has 0 saturated heterocycles. The number of carbonyl (C=O) groups is 2. The van der Waals surface area contributed by atoms with Crippen molar-refractivity contribution in [3.63, 3.8) is 0 Å². The summed E-state index contributed by atoms with van der Waals surface area (Å²) in [5.74, 6) is -0.413. The van der Waals surface area contributed by atoms with Crippen molar-refractivity contribution in [2.75, 3.05) is 26.8 Å². The lowest BCUT2D eigenvalue weighted by atomic mass is 9.95. The molecule has 6 heteroatoms. The van der Waals surface area contributed by atoms with Gasteiger partial charge in [0.05, 0.1) is 25.6 Å². The number of aromatic nitrogens is 1. The third kappa shape index (κ3) is 7.81. The molecule has 38 heavy (non-hydrogen) atoms. The Balaban J connectivity index is 1.81. The average molecular weight is 518 g/mol. The first-order chi connectivity index (χ1) is 18.1. The van der Waals surface area contributed by atoms with E-state index in [2.05, 4.69) is 48.0 Å². The van der Waals surface area contributed by atoms with Gasteiger partial charge in [0.15, 0.2) is 0 Å². The van der Waals surface area contributed by atoms with Crippen LogP contribution in [0.25, 0.3) is 0 Å². The summed E-state index contributed by atoms with van der Waals surface area (Å²) in [5.41, 5.74) is 4.05. The third-order valence-electron chi connectivity index (χ3n) is 6.90. The lowest BCUT2D eigenvalue weighted by Crippen LogP contribution is -2.51. The van der Waals surface area contributed by atoms with Crippen molar-refractivity contribution in [2.24, 2.45) is 0 Å². The SMILES string of the molecule is CCC(C(=O)N(CCOC)CC(=O)N(Cc1cccn1Cc1cccc(C)c1)C(C)(C)C)c1ccccc1. The molecule has 1 atom stereocenters. The zero-order valence-corrected chi connectivity index (χ0v) is 23.8. The van der Waals surface area contributed by atoms with E-state index in [0.29, 0.717) is 26.1 Å². The highest BCUT2D eigenvalue weighted by molar-refractivity contribution is 5.88. The third-order valence-corrected chi connectivity index (χ3v) is 6.90. The van der Waals surface area contributed by atoms with E-state index >= 15 is 0 Å². The lowest BCUT2D eigenvalue weighted by Gasteiger charge is -2.38. The molecule has 0 N–H and O–H groups in total. The van der Waals surface area contributed by atoms with Crippen LogP contribution in [0.15, 0.2) is 72.9 Å². The number of amides is 2. The Labute approximate surface area is 228 Å². The summed E-state index contributed by atoms with van der Waals surface area (Å²) in [7, 11) is 1.61. The number of carbonyl (C=O) groups excluding carboxylic acids is 2. The highest BCUT2D eigenvalue weighted by atomic mass is 16.5. The topological polar surface area (TPSA) is 54.8 Å². The van der Waals surface area contributed by atoms with Gasteiger partial charge < -0.3 is 19.1 Å². The standard InChI is InChI=1S/C32H43N3O3/c1-7-29(27-15-9-8-10-16-27)31(37)34(19-20-38-6)24-30(36)35(32(3,4)5)23-28-17-12-18-33(28)22-26-14-11-13-25(2)21-26/h8-18,21,29H,7,19-20,22-24H2,1-6H3. The van der Waals surface area contributed by atoms with E-state index in [-0.39, 0.29) is 24.3 Å². The molecule has 0 bridgehead atoms. The minimum atomic E-state index is -0.422. The van der Waals surface area contributed by atoms with Crippen LogP contribution in [0.2, 0.25) is 0 Å². The first kappa shape index (κ1) is 29.2. The van der Waals surface area contributed by atoms with E-state index in [4.69, 9.17) is 4.74 Å². The molecule has 1 unspecified atom stereocenters. The molecule has 3 rings (SSSR count).